The number of hydrogen-bond acceptors (Lipinski definition) is 4. The number of carbonyl (C=O) groups is 1. The summed E-state index contributed by atoms with van der Waals surface area (Å²) in [6.07, 6.45) is 7.75. The quantitative estimate of drug-likeness (QED) is 0.664. The van der Waals surface area contributed by atoms with Crippen molar-refractivity contribution >= 4 is 11.6 Å². The summed E-state index contributed by atoms with van der Waals surface area (Å²) in [5, 5.41) is 0. The van der Waals surface area contributed by atoms with E-state index >= 15 is 0 Å². The minimum absolute atomic E-state index is 0.192. The number of anilines is 1. The first-order chi connectivity index (χ1) is 14.5. The Morgan fingerprint density at radius 2 is 1.80 bits per heavy atom. The van der Waals surface area contributed by atoms with Gasteiger partial charge in [0.2, 0.25) is 5.91 Å². The predicted molar refractivity (Wildman–Crippen MR) is 124 cm³/mol. The van der Waals surface area contributed by atoms with Crippen LogP contribution in [0.4, 0.5) is 5.69 Å². The Labute approximate surface area is 182 Å². The van der Waals surface area contributed by atoms with Crippen LogP contribution >= 0.6 is 0 Å². The standard InChI is InChI=1S/C25H41N3O2/c1-19-4-9-23(18-20(19)2)28-16-14-27(15-17-28)13-12-21-5-7-22(8-6-21)24(30-3)10-11-25(26)29/h4,9,18,21-22,24H,5-8,10-17H2,1-3H3,(H2,26,29). The number of primary amides is 1. The molecule has 0 radical (unpaired) electrons. The first-order valence-corrected chi connectivity index (χ1v) is 11.8. The van der Waals surface area contributed by atoms with Crippen molar-refractivity contribution in [1.29, 1.82) is 0 Å². The Morgan fingerprint density at radius 1 is 1.10 bits per heavy atom. The number of aryl methyl sites for hydroxylation is 2. The maximum atomic E-state index is 11.1. The molecule has 0 aromatic heterocycles. The highest BCUT2D eigenvalue weighted by Gasteiger charge is 2.28. The number of carbonyl (C=O) groups excluding carboxylic acids is 1. The van der Waals surface area contributed by atoms with Crippen molar-refractivity contribution in [3.8, 4) is 0 Å². The maximum Gasteiger partial charge on any atom is 0.217 e. The van der Waals surface area contributed by atoms with Crippen LogP contribution in [0.15, 0.2) is 18.2 Å². The molecule has 168 valence electrons. The van der Waals surface area contributed by atoms with Crippen molar-refractivity contribution in [1.82, 2.24) is 4.90 Å². The number of nitrogens with zero attached hydrogens (tertiary/aromatic N) is 2. The molecule has 2 fully saturated rings. The molecule has 3 rings (SSSR count). The van der Waals surface area contributed by atoms with Gasteiger partial charge < -0.3 is 15.4 Å². The highest BCUT2D eigenvalue weighted by Crippen LogP contribution is 2.35. The number of piperazine rings is 1. The van der Waals surface area contributed by atoms with Crippen LogP contribution < -0.4 is 10.6 Å². The maximum absolute atomic E-state index is 11.1. The molecule has 1 aliphatic heterocycles. The molecule has 30 heavy (non-hydrogen) atoms. The lowest BCUT2D eigenvalue weighted by Crippen LogP contribution is -2.47. The zero-order valence-electron chi connectivity index (χ0n) is 19.2. The summed E-state index contributed by atoms with van der Waals surface area (Å²) < 4.78 is 5.67. The molecule has 1 atom stereocenters. The second-order valence-corrected chi connectivity index (χ2v) is 9.45. The Balaban J connectivity index is 1.35. The molecule has 1 saturated heterocycles. The van der Waals surface area contributed by atoms with Gasteiger partial charge in [-0.05, 0) is 81.2 Å². The number of rotatable bonds is 9. The SMILES string of the molecule is COC(CCC(N)=O)C1CCC(CCN2CCN(c3ccc(C)c(C)c3)CC2)CC1. The smallest absolute Gasteiger partial charge is 0.217 e. The molecule has 1 amide bonds. The number of amides is 1. The summed E-state index contributed by atoms with van der Waals surface area (Å²) in [6, 6.07) is 6.85. The fourth-order valence-corrected chi connectivity index (χ4v) is 5.20. The van der Waals surface area contributed by atoms with Crippen LogP contribution in [-0.2, 0) is 9.53 Å². The molecule has 2 N–H and O–H groups in total. The summed E-state index contributed by atoms with van der Waals surface area (Å²) >= 11 is 0. The van der Waals surface area contributed by atoms with Crippen molar-refractivity contribution in [3.63, 3.8) is 0 Å². The first-order valence-electron chi connectivity index (χ1n) is 11.8. The van der Waals surface area contributed by atoms with Gasteiger partial charge in [0, 0.05) is 45.4 Å². The van der Waals surface area contributed by atoms with Gasteiger partial charge in [0.05, 0.1) is 6.10 Å². The molecule has 1 heterocycles. The third-order valence-corrected chi connectivity index (χ3v) is 7.48. The van der Waals surface area contributed by atoms with Crippen LogP contribution in [0.5, 0.6) is 0 Å². The van der Waals surface area contributed by atoms with Gasteiger partial charge in [-0.25, -0.2) is 0 Å². The molecule has 5 heteroatoms. The topological polar surface area (TPSA) is 58.8 Å². The van der Waals surface area contributed by atoms with E-state index in [0.717, 1.165) is 25.4 Å². The lowest BCUT2D eigenvalue weighted by Gasteiger charge is -2.38. The van der Waals surface area contributed by atoms with Gasteiger partial charge in [-0.3, -0.25) is 9.69 Å². The molecule has 0 bridgehead atoms. The monoisotopic (exact) mass is 415 g/mol. The number of hydrogen-bond donors (Lipinski definition) is 1. The second kappa shape index (κ2) is 11.1. The summed E-state index contributed by atoms with van der Waals surface area (Å²) in [5.74, 6) is 1.21. The second-order valence-electron chi connectivity index (χ2n) is 9.45. The Kier molecular flexibility index (Phi) is 8.58. The van der Waals surface area contributed by atoms with Gasteiger partial charge in [0.15, 0.2) is 0 Å². The summed E-state index contributed by atoms with van der Waals surface area (Å²) in [5.41, 5.74) is 9.44. The van der Waals surface area contributed by atoms with Gasteiger partial charge in [-0.15, -0.1) is 0 Å². The van der Waals surface area contributed by atoms with E-state index in [1.165, 1.54) is 68.6 Å². The first kappa shape index (κ1) is 23.1. The summed E-state index contributed by atoms with van der Waals surface area (Å²) in [4.78, 5) is 16.3. The minimum atomic E-state index is -0.219. The van der Waals surface area contributed by atoms with Crippen LogP contribution in [-0.4, -0.2) is 56.7 Å². The van der Waals surface area contributed by atoms with E-state index in [1.807, 2.05) is 0 Å². The Hall–Kier alpha value is -1.59. The van der Waals surface area contributed by atoms with Crippen molar-refractivity contribution in [2.24, 2.45) is 17.6 Å². The number of ether oxygens (including phenoxy) is 1. The van der Waals surface area contributed by atoms with E-state index in [-0.39, 0.29) is 12.0 Å². The van der Waals surface area contributed by atoms with Crippen LogP contribution in [0.2, 0.25) is 0 Å². The minimum Gasteiger partial charge on any atom is -0.381 e. The fourth-order valence-electron chi connectivity index (χ4n) is 5.20. The van der Waals surface area contributed by atoms with Crippen molar-refractivity contribution in [2.75, 3.05) is 44.7 Å². The number of nitrogens with two attached hydrogens (primary N) is 1. The van der Waals surface area contributed by atoms with Gasteiger partial charge >= 0.3 is 0 Å². The Morgan fingerprint density at radius 3 is 2.40 bits per heavy atom. The van der Waals surface area contributed by atoms with Gasteiger partial charge in [-0.2, -0.15) is 0 Å². The van der Waals surface area contributed by atoms with Crippen LogP contribution in [0.1, 0.15) is 56.1 Å². The molecule has 1 aromatic carbocycles. The third-order valence-electron chi connectivity index (χ3n) is 7.48. The van der Waals surface area contributed by atoms with Gasteiger partial charge in [-0.1, -0.05) is 18.9 Å². The number of benzene rings is 1. The predicted octanol–water partition coefficient (Wildman–Crippen LogP) is 3.90. The molecule has 1 unspecified atom stereocenters. The third kappa shape index (κ3) is 6.45. The van der Waals surface area contributed by atoms with Crippen LogP contribution in [0.25, 0.3) is 0 Å². The average Bonchev–Trinajstić information content (AvgIpc) is 2.75. The highest BCUT2D eigenvalue weighted by molar-refractivity contribution is 5.73. The summed E-state index contributed by atoms with van der Waals surface area (Å²) in [7, 11) is 1.77. The van der Waals surface area contributed by atoms with Crippen LogP contribution in [0.3, 0.4) is 0 Å². The van der Waals surface area contributed by atoms with Crippen molar-refractivity contribution in [3.05, 3.63) is 29.3 Å². The highest BCUT2D eigenvalue weighted by atomic mass is 16.5. The zero-order chi connectivity index (χ0) is 21.5. The lowest BCUT2D eigenvalue weighted by atomic mass is 9.77. The molecule has 5 nitrogen and oxygen atoms in total. The number of methoxy groups -OCH3 is 1. The van der Waals surface area contributed by atoms with Crippen LogP contribution in [0, 0.1) is 25.7 Å². The normalized spacial score (nSPS) is 24.0. The van der Waals surface area contributed by atoms with Gasteiger partial charge in [0.25, 0.3) is 0 Å². The lowest BCUT2D eigenvalue weighted by molar-refractivity contribution is -0.119. The fraction of sp³-hybridized carbons (Fsp3) is 0.720. The summed E-state index contributed by atoms with van der Waals surface area (Å²) in [6.45, 7) is 10.2. The molecule has 1 aliphatic carbocycles. The van der Waals surface area contributed by atoms with E-state index < -0.39 is 0 Å². The largest absolute Gasteiger partial charge is 0.381 e. The molecule has 0 spiro atoms. The average molecular weight is 416 g/mol. The molecular formula is C25H41N3O2. The van der Waals surface area contributed by atoms with E-state index in [1.54, 1.807) is 7.11 Å². The Bertz CT molecular complexity index is 677. The molecule has 2 aliphatic rings. The van der Waals surface area contributed by atoms with Crippen molar-refractivity contribution in [2.45, 2.75) is 64.9 Å². The van der Waals surface area contributed by atoms with Crippen molar-refractivity contribution < 1.29 is 9.53 Å². The zero-order valence-corrected chi connectivity index (χ0v) is 19.2. The molecule has 1 aromatic rings. The van der Waals surface area contributed by atoms with E-state index in [4.69, 9.17) is 10.5 Å². The van der Waals surface area contributed by atoms with E-state index in [9.17, 15) is 4.79 Å². The van der Waals surface area contributed by atoms with E-state index in [2.05, 4.69) is 41.8 Å². The van der Waals surface area contributed by atoms with Gasteiger partial charge in [0.1, 0.15) is 0 Å². The molecular weight excluding hydrogens is 374 g/mol. The molecule has 1 saturated carbocycles. The van der Waals surface area contributed by atoms with E-state index in [0.29, 0.717) is 12.3 Å².